The molecule has 1 aromatic carbocycles. The molecule has 0 aromatic heterocycles. The Morgan fingerprint density at radius 2 is 2.14 bits per heavy atom. The number of halogens is 2. The fraction of sp³-hybridized carbons (Fsp3) is 0.333. The Labute approximate surface area is 103 Å². The predicted octanol–water partition coefficient (Wildman–Crippen LogP) is 4.95. The van der Waals surface area contributed by atoms with Crippen LogP contribution in [0.3, 0.4) is 0 Å². The highest BCUT2D eigenvalue weighted by molar-refractivity contribution is 9.10. The summed E-state index contributed by atoms with van der Waals surface area (Å²) < 4.78 is 1.18. The minimum absolute atomic E-state index is 0.953. The predicted molar refractivity (Wildman–Crippen MR) is 70.9 cm³/mol. The molecule has 2 heteroatoms. The molecule has 0 unspecified atom stereocenters. The van der Waals surface area contributed by atoms with Gasteiger partial charge in [-0.05, 0) is 30.5 Å². The second kappa shape index (κ2) is 5.72. The van der Waals surface area contributed by atoms with Gasteiger partial charge in [0, 0.05) is 9.80 Å². The van der Waals surface area contributed by atoms with Crippen molar-refractivity contribution in [2.24, 2.45) is 0 Å². The van der Waals surface area contributed by atoms with Crippen molar-refractivity contribution in [2.75, 3.05) is 5.33 Å². The maximum Gasteiger partial charge on any atom is 0.0245 e. The van der Waals surface area contributed by atoms with Gasteiger partial charge in [-0.3, -0.25) is 0 Å². The van der Waals surface area contributed by atoms with Gasteiger partial charge in [-0.2, -0.15) is 0 Å². The van der Waals surface area contributed by atoms with Crippen molar-refractivity contribution in [1.29, 1.82) is 0 Å². The number of alkyl halides is 1. The summed E-state index contributed by atoms with van der Waals surface area (Å²) in [7, 11) is 0. The van der Waals surface area contributed by atoms with E-state index in [1.807, 2.05) is 0 Å². The van der Waals surface area contributed by atoms with E-state index in [4.69, 9.17) is 0 Å². The van der Waals surface area contributed by atoms with Crippen LogP contribution in [0.1, 0.15) is 24.5 Å². The van der Waals surface area contributed by atoms with E-state index < -0.39 is 0 Å². The Hall–Kier alpha value is -0.0800. The van der Waals surface area contributed by atoms with Crippen LogP contribution in [0.2, 0.25) is 0 Å². The minimum atomic E-state index is 0.953. The zero-order valence-corrected chi connectivity index (χ0v) is 11.7. The molecule has 0 bridgehead atoms. The van der Waals surface area contributed by atoms with E-state index in [2.05, 4.69) is 70.0 Å². The third kappa shape index (κ3) is 3.25. The first-order valence-electron chi connectivity index (χ1n) is 4.69. The Bertz CT molecular complexity index is 334. The molecule has 1 rings (SSSR count). The summed E-state index contributed by atoms with van der Waals surface area (Å²) >= 11 is 7.03. The van der Waals surface area contributed by atoms with Gasteiger partial charge in [-0.1, -0.05) is 62.6 Å². The zero-order valence-electron chi connectivity index (χ0n) is 8.48. The van der Waals surface area contributed by atoms with Gasteiger partial charge < -0.3 is 0 Å². The molecule has 0 atom stereocenters. The number of allylic oxidation sites excluding steroid dienone is 1. The van der Waals surface area contributed by atoms with Gasteiger partial charge in [0.15, 0.2) is 0 Å². The van der Waals surface area contributed by atoms with Crippen LogP contribution in [0, 0.1) is 6.92 Å². The summed E-state index contributed by atoms with van der Waals surface area (Å²) in [5.41, 5.74) is 3.96. The van der Waals surface area contributed by atoms with Gasteiger partial charge in [0.1, 0.15) is 0 Å². The van der Waals surface area contributed by atoms with Crippen molar-refractivity contribution in [3.63, 3.8) is 0 Å². The van der Waals surface area contributed by atoms with E-state index in [0.29, 0.717) is 0 Å². The van der Waals surface area contributed by atoms with Crippen LogP contribution in [0.25, 0.3) is 6.08 Å². The Balaban J connectivity index is 2.97. The minimum Gasteiger partial charge on any atom is -0.0880 e. The van der Waals surface area contributed by atoms with Gasteiger partial charge in [0.2, 0.25) is 0 Å². The topological polar surface area (TPSA) is 0 Å². The van der Waals surface area contributed by atoms with Gasteiger partial charge >= 0.3 is 0 Å². The molecule has 0 amide bonds. The van der Waals surface area contributed by atoms with E-state index in [9.17, 15) is 0 Å². The Morgan fingerprint density at radius 1 is 1.43 bits per heavy atom. The van der Waals surface area contributed by atoms with Crippen LogP contribution in [-0.4, -0.2) is 5.33 Å². The summed E-state index contributed by atoms with van der Waals surface area (Å²) in [4.78, 5) is 0. The van der Waals surface area contributed by atoms with Crippen molar-refractivity contribution in [1.82, 2.24) is 0 Å². The normalized spacial score (nSPS) is 11.9. The molecule has 0 aliphatic rings. The summed E-state index contributed by atoms with van der Waals surface area (Å²) in [6.07, 6.45) is 3.33. The molecular formula is C12H14Br2. The molecule has 76 valence electrons. The number of benzene rings is 1. The standard InChI is InChI=1S/C12H14Br2/c1-3-10(8-13)6-11-5-4-9(2)12(14)7-11/h4-7H,3,8H2,1-2H3/b10-6-. The van der Waals surface area contributed by atoms with Gasteiger partial charge in [-0.15, -0.1) is 0 Å². The number of hydrogen-bond acceptors (Lipinski definition) is 0. The smallest absolute Gasteiger partial charge is 0.0245 e. The second-order valence-corrected chi connectivity index (χ2v) is 4.71. The van der Waals surface area contributed by atoms with Crippen LogP contribution in [0.15, 0.2) is 28.2 Å². The highest BCUT2D eigenvalue weighted by Gasteiger charge is 1.96. The lowest BCUT2D eigenvalue weighted by Gasteiger charge is -2.02. The van der Waals surface area contributed by atoms with Crippen LogP contribution in [0.4, 0.5) is 0 Å². The quantitative estimate of drug-likeness (QED) is 0.692. The summed E-state index contributed by atoms with van der Waals surface area (Å²) in [6.45, 7) is 4.28. The highest BCUT2D eigenvalue weighted by atomic mass is 79.9. The zero-order chi connectivity index (χ0) is 10.6. The SMILES string of the molecule is CC/C(=C/c1ccc(C)c(Br)c1)CBr. The average Bonchev–Trinajstić information content (AvgIpc) is 2.19. The molecule has 1 aromatic rings. The van der Waals surface area contributed by atoms with Crippen molar-refractivity contribution >= 4 is 37.9 Å². The summed E-state index contributed by atoms with van der Waals surface area (Å²) in [5.74, 6) is 0. The molecular weight excluding hydrogens is 304 g/mol. The average molecular weight is 318 g/mol. The van der Waals surface area contributed by atoms with Crippen molar-refractivity contribution in [3.8, 4) is 0 Å². The first-order valence-corrected chi connectivity index (χ1v) is 6.60. The van der Waals surface area contributed by atoms with Crippen LogP contribution in [-0.2, 0) is 0 Å². The summed E-state index contributed by atoms with van der Waals surface area (Å²) in [5, 5.41) is 0.953. The maximum atomic E-state index is 3.54. The maximum absolute atomic E-state index is 3.54. The lowest BCUT2D eigenvalue weighted by molar-refractivity contribution is 1.12. The lowest BCUT2D eigenvalue weighted by atomic mass is 10.1. The van der Waals surface area contributed by atoms with Crippen LogP contribution in [0.5, 0.6) is 0 Å². The molecule has 0 radical (unpaired) electrons. The van der Waals surface area contributed by atoms with E-state index in [-0.39, 0.29) is 0 Å². The lowest BCUT2D eigenvalue weighted by Crippen LogP contribution is -1.83. The van der Waals surface area contributed by atoms with Crippen LogP contribution >= 0.6 is 31.9 Å². The molecule has 0 saturated heterocycles. The third-order valence-corrected chi connectivity index (χ3v) is 3.77. The Morgan fingerprint density at radius 3 is 2.64 bits per heavy atom. The molecule has 0 fully saturated rings. The fourth-order valence-corrected chi connectivity index (χ4v) is 2.12. The van der Waals surface area contributed by atoms with E-state index >= 15 is 0 Å². The van der Waals surface area contributed by atoms with Crippen molar-refractivity contribution in [2.45, 2.75) is 20.3 Å². The van der Waals surface area contributed by atoms with Gasteiger partial charge in [0.25, 0.3) is 0 Å². The monoisotopic (exact) mass is 316 g/mol. The fourth-order valence-electron chi connectivity index (χ4n) is 1.17. The summed E-state index contributed by atoms with van der Waals surface area (Å²) in [6, 6.07) is 6.45. The Kier molecular flexibility index (Phi) is 4.90. The first-order chi connectivity index (χ1) is 6.67. The number of aryl methyl sites for hydroxylation is 1. The molecule has 0 nitrogen and oxygen atoms in total. The molecule has 0 heterocycles. The van der Waals surface area contributed by atoms with E-state index in [1.165, 1.54) is 21.2 Å². The molecule has 0 saturated carbocycles. The van der Waals surface area contributed by atoms with Gasteiger partial charge in [0.05, 0.1) is 0 Å². The highest BCUT2D eigenvalue weighted by Crippen LogP contribution is 2.20. The number of rotatable bonds is 3. The molecule has 0 N–H and O–H groups in total. The molecule has 14 heavy (non-hydrogen) atoms. The van der Waals surface area contributed by atoms with Crippen molar-refractivity contribution < 1.29 is 0 Å². The van der Waals surface area contributed by atoms with Gasteiger partial charge in [-0.25, -0.2) is 0 Å². The second-order valence-electron chi connectivity index (χ2n) is 3.30. The van der Waals surface area contributed by atoms with Crippen molar-refractivity contribution in [3.05, 3.63) is 39.4 Å². The van der Waals surface area contributed by atoms with Crippen LogP contribution < -0.4 is 0 Å². The largest absolute Gasteiger partial charge is 0.0880 e. The van der Waals surface area contributed by atoms with E-state index in [0.717, 1.165) is 11.8 Å². The first kappa shape index (κ1) is 12.0. The number of hydrogen-bond donors (Lipinski definition) is 0. The molecule has 0 aliphatic heterocycles. The van der Waals surface area contributed by atoms with E-state index in [1.54, 1.807) is 0 Å². The molecule has 0 spiro atoms. The third-order valence-electron chi connectivity index (χ3n) is 2.19. The molecule has 0 aliphatic carbocycles.